The normalized spacial score (nSPS) is 10.9. The summed E-state index contributed by atoms with van der Waals surface area (Å²) >= 11 is 0. The summed E-state index contributed by atoms with van der Waals surface area (Å²) in [6.45, 7) is 4.77. The lowest BCUT2D eigenvalue weighted by Crippen LogP contribution is -2.13. The molecule has 0 spiro atoms. The molecule has 0 atom stereocenters. The van der Waals surface area contributed by atoms with Gasteiger partial charge >= 0.3 is 0 Å². The second-order valence-corrected chi connectivity index (χ2v) is 4.20. The standard InChI is InChI=1S/C12H19N5/c1-3-5-17-6-4-12(15-17)9-13-7-11-8-14-16(2)10-11/h4,6,8,10,13H,3,5,7,9H2,1-2H3. The van der Waals surface area contributed by atoms with E-state index in [1.807, 2.05) is 35.0 Å². The number of aryl methyl sites for hydroxylation is 2. The summed E-state index contributed by atoms with van der Waals surface area (Å²) in [4.78, 5) is 0. The Balaban J connectivity index is 1.77. The van der Waals surface area contributed by atoms with E-state index in [0.717, 1.165) is 31.7 Å². The summed E-state index contributed by atoms with van der Waals surface area (Å²) in [6.07, 6.45) is 7.04. The zero-order valence-electron chi connectivity index (χ0n) is 10.4. The summed E-state index contributed by atoms with van der Waals surface area (Å²) in [6, 6.07) is 2.06. The lowest BCUT2D eigenvalue weighted by molar-refractivity contribution is 0.582. The average molecular weight is 233 g/mol. The summed E-state index contributed by atoms with van der Waals surface area (Å²) in [7, 11) is 1.93. The van der Waals surface area contributed by atoms with Crippen molar-refractivity contribution in [3.8, 4) is 0 Å². The van der Waals surface area contributed by atoms with Gasteiger partial charge in [-0.1, -0.05) is 6.92 Å². The molecule has 0 unspecified atom stereocenters. The van der Waals surface area contributed by atoms with Crippen molar-refractivity contribution in [3.63, 3.8) is 0 Å². The molecule has 92 valence electrons. The van der Waals surface area contributed by atoms with E-state index in [0.29, 0.717) is 0 Å². The molecule has 2 heterocycles. The van der Waals surface area contributed by atoms with E-state index in [9.17, 15) is 0 Å². The maximum Gasteiger partial charge on any atom is 0.0762 e. The number of hydrogen-bond acceptors (Lipinski definition) is 3. The minimum atomic E-state index is 0.797. The van der Waals surface area contributed by atoms with E-state index in [1.165, 1.54) is 5.56 Å². The molecule has 0 bridgehead atoms. The lowest BCUT2D eigenvalue weighted by Gasteiger charge is -2.00. The molecule has 17 heavy (non-hydrogen) atoms. The SMILES string of the molecule is CCCn1ccc(CNCc2cnn(C)c2)n1. The Kier molecular flexibility index (Phi) is 3.93. The van der Waals surface area contributed by atoms with Gasteiger partial charge in [0.05, 0.1) is 11.9 Å². The topological polar surface area (TPSA) is 47.7 Å². The fourth-order valence-corrected chi connectivity index (χ4v) is 1.75. The first-order valence-corrected chi connectivity index (χ1v) is 5.98. The molecule has 1 N–H and O–H groups in total. The number of nitrogens with one attached hydrogen (secondary N) is 1. The summed E-state index contributed by atoms with van der Waals surface area (Å²) < 4.78 is 3.80. The van der Waals surface area contributed by atoms with E-state index in [1.54, 1.807) is 0 Å². The van der Waals surface area contributed by atoms with Crippen LogP contribution in [0.1, 0.15) is 24.6 Å². The highest BCUT2D eigenvalue weighted by Gasteiger charge is 1.99. The third kappa shape index (κ3) is 3.42. The van der Waals surface area contributed by atoms with Crippen LogP contribution in [-0.2, 0) is 26.7 Å². The minimum absolute atomic E-state index is 0.797. The number of hydrogen-bond donors (Lipinski definition) is 1. The maximum atomic E-state index is 4.47. The molecule has 5 nitrogen and oxygen atoms in total. The zero-order chi connectivity index (χ0) is 12.1. The van der Waals surface area contributed by atoms with Crippen LogP contribution in [0.15, 0.2) is 24.7 Å². The van der Waals surface area contributed by atoms with Crippen LogP contribution in [0.3, 0.4) is 0 Å². The van der Waals surface area contributed by atoms with Gasteiger partial charge in [-0.25, -0.2) is 0 Å². The molecule has 0 saturated heterocycles. The summed E-state index contributed by atoms with van der Waals surface area (Å²) in [5, 5.41) is 12.0. The molecular weight excluding hydrogens is 214 g/mol. The van der Waals surface area contributed by atoms with Gasteiger partial charge in [-0.2, -0.15) is 10.2 Å². The summed E-state index contributed by atoms with van der Waals surface area (Å²) in [5.41, 5.74) is 2.28. The number of nitrogens with zero attached hydrogens (tertiary/aromatic N) is 4. The van der Waals surface area contributed by atoms with Gasteiger partial charge in [0.2, 0.25) is 0 Å². The van der Waals surface area contributed by atoms with E-state index in [-0.39, 0.29) is 0 Å². The van der Waals surface area contributed by atoms with Crippen LogP contribution in [0.2, 0.25) is 0 Å². The van der Waals surface area contributed by atoms with Gasteiger partial charge in [0.15, 0.2) is 0 Å². The lowest BCUT2D eigenvalue weighted by atomic mass is 10.3. The van der Waals surface area contributed by atoms with Crippen LogP contribution in [-0.4, -0.2) is 19.6 Å². The van der Waals surface area contributed by atoms with Gasteiger partial charge in [0.1, 0.15) is 0 Å². The Morgan fingerprint density at radius 2 is 2.24 bits per heavy atom. The van der Waals surface area contributed by atoms with Crippen molar-refractivity contribution in [2.24, 2.45) is 7.05 Å². The molecule has 2 aromatic rings. The fourth-order valence-electron chi connectivity index (χ4n) is 1.75. The van der Waals surface area contributed by atoms with Crippen LogP contribution in [0.25, 0.3) is 0 Å². The molecule has 0 fully saturated rings. The smallest absolute Gasteiger partial charge is 0.0762 e. The third-order valence-corrected chi connectivity index (χ3v) is 2.54. The van der Waals surface area contributed by atoms with E-state index in [4.69, 9.17) is 0 Å². The second-order valence-electron chi connectivity index (χ2n) is 4.20. The minimum Gasteiger partial charge on any atom is -0.307 e. The van der Waals surface area contributed by atoms with E-state index in [2.05, 4.69) is 28.5 Å². The highest BCUT2D eigenvalue weighted by Crippen LogP contribution is 1.99. The Labute approximate surface area is 101 Å². The van der Waals surface area contributed by atoms with Gasteiger partial charge < -0.3 is 5.32 Å². The second kappa shape index (κ2) is 5.63. The van der Waals surface area contributed by atoms with Gasteiger partial charge in [-0.15, -0.1) is 0 Å². The highest BCUT2D eigenvalue weighted by atomic mass is 15.3. The number of rotatable bonds is 6. The molecule has 0 aromatic carbocycles. The van der Waals surface area contributed by atoms with Crippen LogP contribution < -0.4 is 5.32 Å². The first-order valence-electron chi connectivity index (χ1n) is 5.98. The monoisotopic (exact) mass is 233 g/mol. The molecule has 0 aliphatic carbocycles. The van der Waals surface area contributed by atoms with E-state index < -0.39 is 0 Å². The van der Waals surface area contributed by atoms with Crippen LogP contribution in [0.4, 0.5) is 0 Å². The Bertz CT molecular complexity index is 457. The number of aromatic nitrogens is 4. The Hall–Kier alpha value is -1.62. The predicted octanol–water partition coefficient (Wildman–Crippen LogP) is 1.32. The molecule has 0 aliphatic heterocycles. The van der Waals surface area contributed by atoms with Crippen LogP contribution in [0.5, 0.6) is 0 Å². The van der Waals surface area contributed by atoms with Gasteiger partial charge in [-0.3, -0.25) is 9.36 Å². The molecule has 0 radical (unpaired) electrons. The van der Waals surface area contributed by atoms with Crippen molar-refractivity contribution in [1.29, 1.82) is 0 Å². The molecule has 0 saturated carbocycles. The molecule has 0 amide bonds. The maximum absolute atomic E-state index is 4.47. The van der Waals surface area contributed by atoms with Crippen molar-refractivity contribution in [2.75, 3.05) is 0 Å². The van der Waals surface area contributed by atoms with Crippen LogP contribution in [0, 0.1) is 0 Å². The first kappa shape index (κ1) is 11.9. The zero-order valence-corrected chi connectivity index (χ0v) is 10.4. The Morgan fingerprint density at radius 1 is 1.35 bits per heavy atom. The molecule has 2 aromatic heterocycles. The fraction of sp³-hybridized carbons (Fsp3) is 0.500. The predicted molar refractivity (Wildman–Crippen MR) is 66.3 cm³/mol. The Morgan fingerprint density at radius 3 is 2.94 bits per heavy atom. The average Bonchev–Trinajstić information content (AvgIpc) is 2.89. The van der Waals surface area contributed by atoms with Crippen molar-refractivity contribution < 1.29 is 0 Å². The van der Waals surface area contributed by atoms with Gasteiger partial charge in [-0.05, 0) is 12.5 Å². The van der Waals surface area contributed by atoms with Crippen LogP contribution >= 0.6 is 0 Å². The summed E-state index contributed by atoms with van der Waals surface area (Å²) in [5.74, 6) is 0. The van der Waals surface area contributed by atoms with Crippen molar-refractivity contribution >= 4 is 0 Å². The largest absolute Gasteiger partial charge is 0.307 e. The molecule has 5 heteroatoms. The first-order chi connectivity index (χ1) is 8.28. The van der Waals surface area contributed by atoms with Gasteiger partial charge in [0, 0.05) is 44.6 Å². The third-order valence-electron chi connectivity index (χ3n) is 2.54. The van der Waals surface area contributed by atoms with E-state index >= 15 is 0 Å². The van der Waals surface area contributed by atoms with Gasteiger partial charge in [0.25, 0.3) is 0 Å². The molecular formula is C12H19N5. The molecule has 2 rings (SSSR count). The quantitative estimate of drug-likeness (QED) is 0.818. The van der Waals surface area contributed by atoms with Crippen molar-refractivity contribution in [1.82, 2.24) is 24.9 Å². The van der Waals surface area contributed by atoms with Crippen molar-refractivity contribution in [3.05, 3.63) is 35.9 Å². The molecule has 0 aliphatic rings. The highest BCUT2D eigenvalue weighted by molar-refractivity contribution is 5.04. The van der Waals surface area contributed by atoms with Crippen molar-refractivity contribution in [2.45, 2.75) is 33.0 Å².